The van der Waals surface area contributed by atoms with Gasteiger partial charge in [0.1, 0.15) is 0 Å². The molecule has 20 heavy (non-hydrogen) atoms. The number of hydrogen-bond acceptors (Lipinski definition) is 3. The molecule has 1 heterocycles. The monoisotopic (exact) mass is 294 g/mol. The van der Waals surface area contributed by atoms with Crippen molar-refractivity contribution in [3.63, 3.8) is 0 Å². The first-order chi connectivity index (χ1) is 9.22. The maximum Gasteiger partial charge on any atom is 0.240 e. The van der Waals surface area contributed by atoms with Crippen LogP contribution in [0.25, 0.3) is 0 Å². The zero-order valence-electron chi connectivity index (χ0n) is 11.8. The Labute approximate surface area is 118 Å². The summed E-state index contributed by atoms with van der Waals surface area (Å²) in [7, 11) is -3.50. The van der Waals surface area contributed by atoms with Crippen molar-refractivity contribution in [1.29, 1.82) is 0 Å². The first kappa shape index (κ1) is 13.6. The number of nitrogens with one attached hydrogen (secondary N) is 2. The average molecular weight is 294 g/mol. The maximum atomic E-state index is 12.3. The zero-order chi connectivity index (χ0) is 14.7. The molecular formula is C14H18N2O3S. The van der Waals surface area contributed by atoms with Crippen LogP contribution in [0.4, 0.5) is 5.69 Å². The second-order valence-corrected chi connectivity index (χ2v) is 7.85. The van der Waals surface area contributed by atoms with Crippen LogP contribution in [-0.2, 0) is 20.2 Å². The molecule has 108 valence electrons. The summed E-state index contributed by atoms with van der Waals surface area (Å²) in [5, 5.41) is 2.83. The molecule has 1 amide bonds. The van der Waals surface area contributed by atoms with E-state index >= 15 is 0 Å². The largest absolute Gasteiger partial charge is 0.325 e. The summed E-state index contributed by atoms with van der Waals surface area (Å²) in [5.41, 5.74) is 1.56. The van der Waals surface area contributed by atoms with E-state index in [9.17, 15) is 13.2 Å². The molecule has 1 aliphatic carbocycles. The zero-order valence-corrected chi connectivity index (χ0v) is 12.6. The van der Waals surface area contributed by atoms with Gasteiger partial charge in [-0.25, -0.2) is 13.1 Å². The summed E-state index contributed by atoms with van der Waals surface area (Å²) in [5.74, 6) is -0.0969. The molecule has 0 saturated heterocycles. The quantitative estimate of drug-likeness (QED) is 0.890. The van der Waals surface area contributed by atoms with Gasteiger partial charge in [0, 0.05) is 11.7 Å². The minimum Gasteiger partial charge on any atom is -0.325 e. The number of fused-ring (bicyclic) bond motifs is 1. The van der Waals surface area contributed by atoms with Gasteiger partial charge in [0.15, 0.2) is 0 Å². The van der Waals surface area contributed by atoms with Gasteiger partial charge in [-0.15, -0.1) is 0 Å². The van der Waals surface area contributed by atoms with Crippen LogP contribution in [0.2, 0.25) is 0 Å². The number of sulfonamides is 1. The van der Waals surface area contributed by atoms with E-state index in [1.54, 1.807) is 26.0 Å². The van der Waals surface area contributed by atoms with Crippen LogP contribution in [0.5, 0.6) is 0 Å². The van der Waals surface area contributed by atoms with Crippen LogP contribution >= 0.6 is 0 Å². The molecular weight excluding hydrogens is 276 g/mol. The number of rotatable bonds is 3. The van der Waals surface area contributed by atoms with Crippen LogP contribution in [0.3, 0.4) is 0 Å². The number of carbonyl (C=O) groups excluding carboxylic acids is 1. The number of amides is 1. The first-order valence-corrected chi connectivity index (χ1v) is 8.19. The average Bonchev–Trinajstić information content (AvgIpc) is 3.09. The minimum absolute atomic E-state index is 0.0707. The lowest BCUT2D eigenvalue weighted by Gasteiger charge is -2.17. The smallest absolute Gasteiger partial charge is 0.240 e. The Balaban J connectivity index is 2.10. The summed E-state index contributed by atoms with van der Waals surface area (Å²) in [6, 6.07) is 3.30. The maximum absolute atomic E-state index is 12.3. The SMILES string of the molecule is Cc1cc(S(=O)(=O)NC2CC2)cc2c1NC(=O)C2(C)C. The molecule has 2 N–H and O–H groups in total. The fraction of sp³-hybridized carbons (Fsp3) is 0.500. The molecule has 0 radical (unpaired) electrons. The fourth-order valence-corrected chi connectivity index (χ4v) is 3.86. The highest BCUT2D eigenvalue weighted by molar-refractivity contribution is 7.89. The van der Waals surface area contributed by atoms with Crippen LogP contribution in [0.15, 0.2) is 17.0 Å². The van der Waals surface area contributed by atoms with Crippen LogP contribution in [0.1, 0.15) is 37.8 Å². The summed E-state index contributed by atoms with van der Waals surface area (Å²) >= 11 is 0. The molecule has 5 nitrogen and oxygen atoms in total. The van der Waals surface area contributed by atoms with Crippen molar-refractivity contribution in [3.05, 3.63) is 23.3 Å². The molecule has 0 atom stereocenters. The lowest BCUT2D eigenvalue weighted by molar-refractivity contribution is -0.119. The molecule has 6 heteroatoms. The third kappa shape index (κ3) is 2.03. The van der Waals surface area contributed by atoms with Gasteiger partial charge in [0.25, 0.3) is 0 Å². The first-order valence-electron chi connectivity index (χ1n) is 6.71. The van der Waals surface area contributed by atoms with E-state index in [4.69, 9.17) is 0 Å². The Morgan fingerprint density at radius 1 is 1.30 bits per heavy atom. The van der Waals surface area contributed by atoms with Crippen molar-refractivity contribution in [3.8, 4) is 0 Å². The van der Waals surface area contributed by atoms with Gasteiger partial charge in [0.05, 0.1) is 10.3 Å². The Hall–Kier alpha value is -1.40. The topological polar surface area (TPSA) is 75.3 Å². The molecule has 0 bridgehead atoms. The number of hydrogen-bond donors (Lipinski definition) is 2. The van der Waals surface area contributed by atoms with Gasteiger partial charge >= 0.3 is 0 Å². The second kappa shape index (κ2) is 4.05. The highest BCUT2D eigenvalue weighted by atomic mass is 32.2. The highest BCUT2D eigenvalue weighted by Crippen LogP contribution is 2.40. The van der Waals surface area contributed by atoms with Gasteiger partial charge in [0.2, 0.25) is 15.9 Å². The summed E-state index contributed by atoms with van der Waals surface area (Å²) in [4.78, 5) is 12.2. The van der Waals surface area contributed by atoms with Crippen molar-refractivity contribution < 1.29 is 13.2 Å². The van der Waals surface area contributed by atoms with Gasteiger partial charge in [-0.2, -0.15) is 0 Å². The van der Waals surface area contributed by atoms with Gasteiger partial charge in [-0.3, -0.25) is 4.79 Å². The lowest BCUT2D eigenvalue weighted by atomic mass is 9.85. The highest BCUT2D eigenvalue weighted by Gasteiger charge is 2.40. The van der Waals surface area contributed by atoms with Gasteiger partial charge in [-0.05, 0) is 56.9 Å². The molecule has 1 aliphatic heterocycles. The number of carbonyl (C=O) groups is 1. The normalized spacial score (nSPS) is 20.6. The van der Waals surface area contributed by atoms with E-state index in [1.807, 2.05) is 6.92 Å². The lowest BCUT2D eigenvalue weighted by Crippen LogP contribution is -2.28. The number of aryl methyl sites for hydroxylation is 1. The van der Waals surface area contributed by atoms with Crippen molar-refractivity contribution in [2.45, 2.75) is 50.0 Å². The molecule has 1 saturated carbocycles. The predicted molar refractivity (Wildman–Crippen MR) is 76.2 cm³/mol. The van der Waals surface area contributed by atoms with E-state index < -0.39 is 15.4 Å². The van der Waals surface area contributed by atoms with Crippen LogP contribution in [-0.4, -0.2) is 20.4 Å². The molecule has 1 fully saturated rings. The molecule has 3 rings (SSSR count). The van der Waals surface area contributed by atoms with Crippen LogP contribution in [0, 0.1) is 6.92 Å². The minimum atomic E-state index is -3.50. The van der Waals surface area contributed by atoms with E-state index in [0.717, 1.165) is 29.7 Å². The van der Waals surface area contributed by atoms with Crippen molar-refractivity contribution in [1.82, 2.24) is 4.72 Å². The van der Waals surface area contributed by atoms with E-state index in [-0.39, 0.29) is 16.8 Å². The molecule has 0 spiro atoms. The molecule has 0 unspecified atom stereocenters. The molecule has 0 aromatic heterocycles. The van der Waals surface area contributed by atoms with E-state index in [2.05, 4.69) is 10.0 Å². The van der Waals surface area contributed by atoms with Gasteiger partial charge < -0.3 is 5.32 Å². The third-order valence-corrected chi connectivity index (χ3v) is 5.50. The van der Waals surface area contributed by atoms with E-state index in [1.165, 1.54) is 0 Å². The molecule has 1 aromatic carbocycles. The van der Waals surface area contributed by atoms with Crippen molar-refractivity contribution in [2.24, 2.45) is 0 Å². The Morgan fingerprint density at radius 3 is 2.55 bits per heavy atom. The standard InChI is InChI=1S/C14H18N2O3S/c1-8-6-10(20(18,19)16-9-4-5-9)7-11-12(8)15-13(17)14(11,2)3/h6-7,9,16H,4-5H2,1-3H3,(H,15,17). The Morgan fingerprint density at radius 2 is 1.95 bits per heavy atom. The fourth-order valence-electron chi connectivity index (χ4n) is 2.45. The Kier molecular flexibility index (Phi) is 2.75. The summed E-state index contributed by atoms with van der Waals surface area (Å²) in [6.07, 6.45) is 1.80. The van der Waals surface area contributed by atoms with Crippen molar-refractivity contribution >= 4 is 21.6 Å². The summed E-state index contributed by atoms with van der Waals surface area (Å²) < 4.78 is 27.3. The third-order valence-electron chi connectivity index (χ3n) is 4.00. The van der Waals surface area contributed by atoms with Crippen LogP contribution < -0.4 is 10.0 Å². The number of anilines is 1. The second-order valence-electron chi connectivity index (χ2n) is 6.14. The number of benzene rings is 1. The van der Waals surface area contributed by atoms with Crippen molar-refractivity contribution in [2.75, 3.05) is 5.32 Å². The predicted octanol–water partition coefficient (Wildman–Crippen LogP) is 1.67. The molecule has 1 aromatic rings. The van der Waals surface area contributed by atoms with Gasteiger partial charge in [-0.1, -0.05) is 0 Å². The van der Waals surface area contributed by atoms with E-state index in [0.29, 0.717) is 0 Å². The summed E-state index contributed by atoms with van der Waals surface area (Å²) in [6.45, 7) is 5.42. The molecule has 2 aliphatic rings. The Bertz CT molecular complexity index is 703.